The largest absolute Gasteiger partial charge is 2.00 e. The first-order chi connectivity index (χ1) is 14.0. The summed E-state index contributed by atoms with van der Waals surface area (Å²) in [5.41, 5.74) is 5.36. The number of ether oxygens (including phenoxy) is 1. The molecule has 0 radical (unpaired) electrons. The molecule has 4 atom stereocenters. The first-order valence-corrected chi connectivity index (χ1v) is 9.78. The average molecular weight is 456 g/mol. The van der Waals surface area contributed by atoms with Crippen molar-refractivity contribution in [2.45, 2.75) is 57.0 Å². The normalized spacial score (nSPS) is 27.2. The van der Waals surface area contributed by atoms with E-state index in [1.54, 1.807) is 0 Å². The Labute approximate surface area is 188 Å². The average Bonchev–Trinajstić information content (AvgIpc) is 3.42. The summed E-state index contributed by atoms with van der Waals surface area (Å²) in [5, 5.41) is 18.8. The third-order valence-corrected chi connectivity index (χ3v) is 4.79. The van der Waals surface area contributed by atoms with Crippen molar-refractivity contribution in [3.05, 3.63) is 42.5 Å². The molecule has 1 saturated carbocycles. The van der Waals surface area contributed by atoms with E-state index in [9.17, 15) is 14.7 Å². The Kier molecular flexibility index (Phi) is 12.4. The molecule has 1 heterocycles. The summed E-state index contributed by atoms with van der Waals surface area (Å²) in [5.74, 6) is 5.25. The van der Waals surface area contributed by atoms with Gasteiger partial charge in [0.25, 0.3) is 5.91 Å². The third kappa shape index (κ3) is 8.47. The van der Waals surface area contributed by atoms with Crippen LogP contribution >= 0.6 is 0 Å². The zero-order valence-electron chi connectivity index (χ0n) is 16.7. The molecule has 1 unspecified atom stereocenters. The van der Waals surface area contributed by atoms with Crippen molar-refractivity contribution in [3.8, 4) is 11.8 Å². The van der Waals surface area contributed by atoms with Crippen LogP contribution in [-0.2, 0) is 31.4 Å². The van der Waals surface area contributed by atoms with E-state index in [1.807, 2.05) is 12.2 Å². The molecular formula is C22H28FeN2O5. The fourth-order valence-corrected chi connectivity index (χ4v) is 3.15. The Bertz CT molecular complexity index is 694. The Morgan fingerprint density at radius 1 is 1.47 bits per heavy atom. The second-order valence-electron chi connectivity index (χ2n) is 7.00. The molecule has 2 amide bonds. The molecule has 2 aliphatic carbocycles. The molecule has 164 valence electrons. The van der Waals surface area contributed by atoms with E-state index in [4.69, 9.17) is 15.6 Å². The van der Waals surface area contributed by atoms with E-state index >= 15 is 0 Å². The number of hydrogen-bond acceptors (Lipinski definition) is 5. The summed E-state index contributed by atoms with van der Waals surface area (Å²) in [7, 11) is 0. The molecule has 1 saturated heterocycles. The van der Waals surface area contributed by atoms with Crippen LogP contribution in [0.5, 0.6) is 0 Å². The number of allylic oxidation sites excluding steroid dienone is 4. The van der Waals surface area contributed by atoms with Crippen molar-refractivity contribution in [2.75, 3.05) is 6.61 Å². The third-order valence-electron chi connectivity index (χ3n) is 4.79. The number of rotatable bonds is 5. The van der Waals surface area contributed by atoms with Crippen LogP contribution < -0.4 is 5.73 Å². The van der Waals surface area contributed by atoms with Gasteiger partial charge in [-0.1, -0.05) is 18.3 Å². The summed E-state index contributed by atoms with van der Waals surface area (Å²) in [6.07, 6.45) is 15.7. The van der Waals surface area contributed by atoms with Gasteiger partial charge in [0, 0.05) is 12.6 Å². The number of primary amides is 1. The Morgan fingerprint density at radius 2 is 2.27 bits per heavy atom. The predicted octanol–water partition coefficient (Wildman–Crippen LogP) is 0.983. The number of nitrogens with two attached hydrogens (primary N) is 1. The number of aliphatic hydroxyl groups is 2. The Balaban J connectivity index is 0.000000655. The number of aliphatic hydroxyl groups excluding tert-OH is 2. The molecule has 8 heteroatoms. The minimum Gasteiger partial charge on any atom is -0.394 e. The summed E-state index contributed by atoms with van der Waals surface area (Å²) >= 11 is 0. The van der Waals surface area contributed by atoms with Crippen LogP contribution in [0.2, 0.25) is 0 Å². The zero-order chi connectivity index (χ0) is 21.1. The number of hydrogen-bond donors (Lipinski definition) is 3. The van der Waals surface area contributed by atoms with Gasteiger partial charge in [-0.05, 0) is 12.3 Å². The van der Waals surface area contributed by atoms with Gasteiger partial charge in [0.2, 0.25) is 6.41 Å². The van der Waals surface area contributed by atoms with Crippen LogP contribution in [0, 0.1) is 30.3 Å². The molecule has 3 rings (SSSR count). The quantitative estimate of drug-likeness (QED) is 0.188. The van der Waals surface area contributed by atoms with Crippen molar-refractivity contribution in [1.29, 1.82) is 0 Å². The molecule has 1 aliphatic heterocycles. The van der Waals surface area contributed by atoms with E-state index in [2.05, 4.69) is 30.4 Å². The molecule has 0 spiro atoms. The van der Waals surface area contributed by atoms with Gasteiger partial charge < -0.3 is 27.1 Å². The van der Waals surface area contributed by atoms with Crippen molar-refractivity contribution in [1.82, 2.24) is 4.90 Å². The topological polar surface area (TPSA) is 113 Å². The van der Waals surface area contributed by atoms with Crippen molar-refractivity contribution in [2.24, 2.45) is 11.7 Å². The summed E-state index contributed by atoms with van der Waals surface area (Å²) in [6.45, 7) is -0.352. The molecule has 3 aliphatic rings. The van der Waals surface area contributed by atoms with Gasteiger partial charge >= 0.3 is 17.1 Å². The molecule has 4 N–H and O–H groups in total. The molecule has 7 nitrogen and oxygen atoms in total. The number of carbonyl (C=O) groups is 2. The maximum absolute atomic E-state index is 11.6. The van der Waals surface area contributed by atoms with Crippen LogP contribution in [0.1, 0.15) is 38.5 Å². The number of carbonyl (C=O) groups excluding carboxylic acids is 2. The van der Waals surface area contributed by atoms with E-state index in [0.29, 0.717) is 6.41 Å². The van der Waals surface area contributed by atoms with E-state index < -0.39 is 24.3 Å². The fourth-order valence-electron chi connectivity index (χ4n) is 3.15. The molecule has 30 heavy (non-hydrogen) atoms. The second-order valence-corrected chi connectivity index (χ2v) is 7.00. The maximum Gasteiger partial charge on any atom is 2.00 e. The molecule has 0 bridgehead atoms. The number of amides is 2. The van der Waals surface area contributed by atoms with Crippen LogP contribution in [0.3, 0.4) is 0 Å². The van der Waals surface area contributed by atoms with Crippen LogP contribution in [-0.4, -0.2) is 52.5 Å². The number of nitrogens with zero attached hydrogens (tertiary/aromatic N) is 1. The molecule has 0 aromatic carbocycles. The summed E-state index contributed by atoms with van der Waals surface area (Å²) in [4.78, 5) is 24.0. The molecule has 2 fully saturated rings. The van der Waals surface area contributed by atoms with Gasteiger partial charge in [-0.3, -0.25) is 20.6 Å². The van der Waals surface area contributed by atoms with Gasteiger partial charge in [-0.25, -0.2) is 12.2 Å². The molecule has 0 aromatic heterocycles. The van der Waals surface area contributed by atoms with Crippen molar-refractivity contribution in [3.63, 3.8) is 0 Å². The van der Waals surface area contributed by atoms with Gasteiger partial charge in [-0.15, -0.1) is 6.42 Å². The smallest absolute Gasteiger partial charge is 0.394 e. The maximum atomic E-state index is 11.6. The van der Waals surface area contributed by atoms with Crippen LogP contribution in [0.4, 0.5) is 0 Å². The van der Waals surface area contributed by atoms with E-state index in [-0.39, 0.29) is 41.6 Å². The minimum absolute atomic E-state index is 0. The zero-order valence-corrected chi connectivity index (χ0v) is 17.8. The summed E-state index contributed by atoms with van der Waals surface area (Å²) in [6, 6.07) is 0. The van der Waals surface area contributed by atoms with Gasteiger partial charge in [0.05, 0.1) is 12.7 Å². The van der Waals surface area contributed by atoms with Crippen LogP contribution in [0.25, 0.3) is 0 Å². The van der Waals surface area contributed by atoms with Crippen molar-refractivity contribution >= 4 is 12.3 Å². The van der Waals surface area contributed by atoms with Crippen molar-refractivity contribution < 1.29 is 41.6 Å². The monoisotopic (exact) mass is 456 g/mol. The van der Waals surface area contributed by atoms with Gasteiger partial charge in [0.15, 0.2) is 0 Å². The Hall–Kier alpha value is -1.88. The summed E-state index contributed by atoms with van der Waals surface area (Å²) < 4.78 is 5.40. The van der Waals surface area contributed by atoms with Crippen LogP contribution in [0.15, 0.2) is 30.0 Å². The minimum atomic E-state index is -0.878. The van der Waals surface area contributed by atoms with E-state index in [0.717, 1.165) is 37.0 Å². The molecular weight excluding hydrogens is 428 g/mol. The SMILES string of the molecule is NC(=O)/C(C#C[C@@H]1C[CH-]CCC1)=C\N(C=O)[C@H]1CC(O)[C@@H](CO)O1.[C-]1=CC=CC1.[Fe+2]. The molecule has 0 aromatic rings. The predicted molar refractivity (Wildman–Crippen MR) is 107 cm³/mol. The first-order valence-electron chi connectivity index (χ1n) is 9.78. The van der Waals surface area contributed by atoms with Gasteiger partial charge in [-0.2, -0.15) is 18.9 Å². The first kappa shape index (κ1) is 26.2. The van der Waals surface area contributed by atoms with E-state index in [1.165, 1.54) is 6.20 Å². The van der Waals surface area contributed by atoms with Gasteiger partial charge in [0.1, 0.15) is 17.9 Å². The standard InChI is InChI=1S/C17H23N2O5.C5H5.Fe/c18-17(23)13(7-6-12-4-2-1-3-5-12)9-19(11-21)16-8-14(22)15(10-20)24-16;1-2-4-5-3-1;/h2,9,11-12,14-16,20,22H,1,3-5,8,10H2,(H2,18,23);1-3H,4H2;/q2*-1;+2/b13-9-;;/t12-,14?,15-,16-;;/m1../s1. The fraction of sp³-hybridized carbons (Fsp3) is 0.500. The second kappa shape index (κ2) is 14.2. The Morgan fingerprint density at radius 3 is 2.73 bits per heavy atom.